The molecule has 1 aromatic rings. The van der Waals surface area contributed by atoms with Crippen molar-refractivity contribution in [3.05, 3.63) is 23.8 Å². The highest BCUT2D eigenvalue weighted by atomic mass is 16.5. The first-order valence-electron chi connectivity index (χ1n) is 7.24. The summed E-state index contributed by atoms with van der Waals surface area (Å²) in [5.41, 5.74) is 1.21. The lowest BCUT2D eigenvalue weighted by atomic mass is 10.0. The van der Waals surface area contributed by atoms with Gasteiger partial charge in [0.1, 0.15) is 11.5 Å². The van der Waals surface area contributed by atoms with Crippen LogP contribution in [0.25, 0.3) is 0 Å². The first kappa shape index (κ1) is 14.2. The molecule has 1 aliphatic carbocycles. The van der Waals surface area contributed by atoms with Gasteiger partial charge >= 0.3 is 0 Å². The van der Waals surface area contributed by atoms with Crippen molar-refractivity contribution in [1.82, 2.24) is 5.32 Å². The van der Waals surface area contributed by atoms with Gasteiger partial charge in [0, 0.05) is 12.6 Å². The Bertz CT molecular complexity index is 364. The van der Waals surface area contributed by atoms with Crippen LogP contribution < -0.4 is 14.8 Å². The molecule has 0 bridgehead atoms. The third-order valence-corrected chi connectivity index (χ3v) is 3.94. The maximum atomic E-state index is 5.28. The predicted octanol–water partition coefficient (Wildman–Crippen LogP) is 3.37. The molecule has 106 valence electrons. The number of methoxy groups -OCH3 is 2. The molecule has 1 fully saturated rings. The molecule has 19 heavy (non-hydrogen) atoms. The van der Waals surface area contributed by atoms with Crippen LogP contribution in [-0.4, -0.2) is 20.8 Å². The van der Waals surface area contributed by atoms with Gasteiger partial charge in [-0.15, -0.1) is 0 Å². The lowest BCUT2D eigenvalue weighted by molar-refractivity contribution is 0.393. The summed E-state index contributed by atoms with van der Waals surface area (Å²) in [5.74, 6) is 2.66. The van der Waals surface area contributed by atoms with E-state index in [-0.39, 0.29) is 0 Å². The van der Waals surface area contributed by atoms with Crippen LogP contribution in [0.4, 0.5) is 0 Å². The van der Waals surface area contributed by atoms with Gasteiger partial charge in [0.2, 0.25) is 0 Å². The Labute approximate surface area is 116 Å². The van der Waals surface area contributed by atoms with Gasteiger partial charge in [0.15, 0.2) is 0 Å². The zero-order valence-corrected chi connectivity index (χ0v) is 12.1. The summed E-state index contributed by atoms with van der Waals surface area (Å²) in [6.45, 7) is 1.98. The van der Waals surface area contributed by atoms with E-state index in [1.54, 1.807) is 14.2 Å². The Morgan fingerprint density at radius 3 is 2.26 bits per heavy atom. The van der Waals surface area contributed by atoms with E-state index in [0.717, 1.165) is 30.5 Å². The molecule has 0 aliphatic heterocycles. The summed E-state index contributed by atoms with van der Waals surface area (Å²) in [5, 5.41) is 3.52. The SMILES string of the molecule is COc1cc(CNCCC2CCCC2)cc(OC)c1. The third kappa shape index (κ3) is 4.43. The normalized spacial score (nSPS) is 15.7. The van der Waals surface area contributed by atoms with Crippen molar-refractivity contribution in [2.45, 2.75) is 38.6 Å². The Morgan fingerprint density at radius 1 is 1.05 bits per heavy atom. The first-order chi connectivity index (χ1) is 9.31. The molecule has 1 saturated carbocycles. The molecule has 1 aromatic carbocycles. The predicted molar refractivity (Wildman–Crippen MR) is 77.8 cm³/mol. The average molecular weight is 263 g/mol. The smallest absolute Gasteiger partial charge is 0.122 e. The third-order valence-electron chi connectivity index (χ3n) is 3.94. The summed E-state index contributed by atoms with van der Waals surface area (Å²) in [4.78, 5) is 0. The molecule has 0 atom stereocenters. The van der Waals surface area contributed by atoms with Gasteiger partial charge in [-0.3, -0.25) is 0 Å². The molecule has 0 radical (unpaired) electrons. The monoisotopic (exact) mass is 263 g/mol. The van der Waals surface area contributed by atoms with Crippen LogP contribution in [0.2, 0.25) is 0 Å². The fourth-order valence-corrected chi connectivity index (χ4v) is 2.81. The molecule has 0 saturated heterocycles. The molecular weight excluding hydrogens is 238 g/mol. The fourth-order valence-electron chi connectivity index (χ4n) is 2.81. The fraction of sp³-hybridized carbons (Fsp3) is 0.625. The van der Waals surface area contributed by atoms with E-state index < -0.39 is 0 Å². The van der Waals surface area contributed by atoms with Gasteiger partial charge in [-0.25, -0.2) is 0 Å². The summed E-state index contributed by atoms with van der Waals surface area (Å²) in [6.07, 6.45) is 7.01. The Balaban J connectivity index is 1.77. The second-order valence-corrected chi connectivity index (χ2v) is 5.34. The number of ether oxygens (including phenoxy) is 2. The number of hydrogen-bond donors (Lipinski definition) is 1. The standard InChI is InChI=1S/C16H25NO2/c1-18-15-9-14(10-16(11-15)19-2)12-17-8-7-13-5-3-4-6-13/h9-11,13,17H,3-8,12H2,1-2H3. The Kier molecular flexibility index (Phi) is 5.52. The van der Waals surface area contributed by atoms with Crippen molar-refractivity contribution < 1.29 is 9.47 Å². The number of hydrogen-bond acceptors (Lipinski definition) is 3. The highest BCUT2D eigenvalue weighted by Crippen LogP contribution is 2.27. The van der Waals surface area contributed by atoms with Gasteiger partial charge in [-0.1, -0.05) is 25.7 Å². The van der Waals surface area contributed by atoms with Crippen LogP contribution in [0.3, 0.4) is 0 Å². The molecule has 0 unspecified atom stereocenters. The summed E-state index contributed by atoms with van der Waals surface area (Å²) >= 11 is 0. The molecule has 0 heterocycles. The van der Waals surface area contributed by atoms with Gasteiger partial charge in [0.25, 0.3) is 0 Å². The van der Waals surface area contributed by atoms with E-state index in [4.69, 9.17) is 9.47 Å². The van der Waals surface area contributed by atoms with E-state index in [1.165, 1.54) is 37.7 Å². The Hall–Kier alpha value is -1.22. The van der Waals surface area contributed by atoms with Gasteiger partial charge < -0.3 is 14.8 Å². The van der Waals surface area contributed by atoms with Crippen LogP contribution in [0.15, 0.2) is 18.2 Å². The molecule has 1 aliphatic rings. The van der Waals surface area contributed by atoms with Gasteiger partial charge in [0.05, 0.1) is 14.2 Å². The molecule has 1 N–H and O–H groups in total. The molecule has 0 spiro atoms. The quantitative estimate of drug-likeness (QED) is 0.765. The van der Waals surface area contributed by atoms with Crippen molar-refractivity contribution in [3.63, 3.8) is 0 Å². The average Bonchev–Trinajstić information content (AvgIpc) is 2.96. The van der Waals surface area contributed by atoms with Crippen molar-refractivity contribution in [1.29, 1.82) is 0 Å². The van der Waals surface area contributed by atoms with Crippen molar-refractivity contribution in [2.75, 3.05) is 20.8 Å². The van der Waals surface area contributed by atoms with Crippen LogP contribution in [-0.2, 0) is 6.54 Å². The van der Waals surface area contributed by atoms with E-state index in [0.29, 0.717) is 0 Å². The molecule has 3 nitrogen and oxygen atoms in total. The van der Waals surface area contributed by atoms with E-state index in [9.17, 15) is 0 Å². The summed E-state index contributed by atoms with van der Waals surface area (Å²) < 4.78 is 10.6. The minimum absolute atomic E-state index is 0.854. The van der Waals surface area contributed by atoms with Crippen molar-refractivity contribution in [3.8, 4) is 11.5 Å². The lowest BCUT2D eigenvalue weighted by Gasteiger charge is -2.11. The number of rotatable bonds is 7. The molecule has 0 amide bonds. The van der Waals surface area contributed by atoms with Crippen molar-refractivity contribution in [2.24, 2.45) is 5.92 Å². The van der Waals surface area contributed by atoms with Crippen LogP contribution in [0.1, 0.15) is 37.7 Å². The minimum atomic E-state index is 0.854. The largest absolute Gasteiger partial charge is 0.497 e. The first-order valence-corrected chi connectivity index (χ1v) is 7.24. The van der Waals surface area contributed by atoms with Crippen LogP contribution >= 0.6 is 0 Å². The number of benzene rings is 1. The van der Waals surface area contributed by atoms with Crippen LogP contribution in [0.5, 0.6) is 11.5 Å². The highest BCUT2D eigenvalue weighted by molar-refractivity contribution is 5.38. The maximum absolute atomic E-state index is 5.28. The minimum Gasteiger partial charge on any atom is -0.497 e. The molecule has 3 heteroatoms. The van der Waals surface area contributed by atoms with Crippen molar-refractivity contribution >= 4 is 0 Å². The van der Waals surface area contributed by atoms with Gasteiger partial charge in [-0.2, -0.15) is 0 Å². The van der Waals surface area contributed by atoms with Gasteiger partial charge in [-0.05, 0) is 36.6 Å². The second-order valence-electron chi connectivity index (χ2n) is 5.34. The van der Waals surface area contributed by atoms with E-state index in [1.807, 2.05) is 6.07 Å². The molecule has 2 rings (SSSR count). The lowest BCUT2D eigenvalue weighted by Crippen LogP contribution is -2.17. The topological polar surface area (TPSA) is 30.5 Å². The van der Waals surface area contributed by atoms with E-state index >= 15 is 0 Å². The second kappa shape index (κ2) is 7.39. The zero-order chi connectivity index (χ0) is 13.5. The van der Waals surface area contributed by atoms with E-state index in [2.05, 4.69) is 17.4 Å². The summed E-state index contributed by atoms with van der Waals surface area (Å²) in [6, 6.07) is 6.03. The maximum Gasteiger partial charge on any atom is 0.122 e. The van der Waals surface area contributed by atoms with Crippen LogP contribution in [0, 0.1) is 5.92 Å². The zero-order valence-electron chi connectivity index (χ0n) is 12.1. The number of nitrogens with one attached hydrogen (secondary N) is 1. The summed E-state index contributed by atoms with van der Waals surface area (Å²) in [7, 11) is 3.37. The molecular formula is C16H25NO2. The highest BCUT2D eigenvalue weighted by Gasteiger charge is 2.13. The molecule has 0 aromatic heterocycles. The Morgan fingerprint density at radius 2 is 1.68 bits per heavy atom.